The van der Waals surface area contributed by atoms with E-state index in [2.05, 4.69) is 30.6 Å². The van der Waals surface area contributed by atoms with Crippen LogP contribution < -0.4 is 0 Å². The van der Waals surface area contributed by atoms with E-state index in [1.54, 1.807) is 6.20 Å². The molecule has 2 saturated heterocycles. The van der Waals surface area contributed by atoms with Crippen LogP contribution in [0.25, 0.3) is 5.82 Å². The molecule has 1 saturated carbocycles. The summed E-state index contributed by atoms with van der Waals surface area (Å²) >= 11 is 0. The molecule has 3 fully saturated rings. The lowest BCUT2D eigenvalue weighted by Gasteiger charge is -2.40. The molecule has 3 aliphatic rings. The molecule has 9 heteroatoms. The minimum absolute atomic E-state index is 0.0143. The monoisotopic (exact) mass is 356 g/mol. The predicted octanol–water partition coefficient (Wildman–Crippen LogP) is 0.723. The van der Waals surface area contributed by atoms with Crippen molar-refractivity contribution in [1.82, 2.24) is 40.2 Å². The third kappa shape index (κ3) is 2.90. The maximum absolute atomic E-state index is 13.1. The molecule has 1 N–H and O–H groups in total. The van der Waals surface area contributed by atoms with Crippen molar-refractivity contribution in [2.24, 2.45) is 11.3 Å². The van der Waals surface area contributed by atoms with E-state index in [0.717, 1.165) is 32.0 Å². The van der Waals surface area contributed by atoms with E-state index >= 15 is 0 Å². The summed E-state index contributed by atoms with van der Waals surface area (Å²) in [6.45, 7) is 5.26. The molecule has 138 valence electrons. The van der Waals surface area contributed by atoms with Crippen molar-refractivity contribution >= 4 is 5.91 Å². The van der Waals surface area contributed by atoms with Gasteiger partial charge in [0.25, 0.3) is 5.91 Å². The highest BCUT2D eigenvalue weighted by Crippen LogP contribution is 2.41. The van der Waals surface area contributed by atoms with Gasteiger partial charge in [-0.25, -0.2) is 0 Å². The fourth-order valence-electron chi connectivity index (χ4n) is 4.62. The number of nitrogens with zero attached hydrogens (tertiary/aromatic N) is 7. The predicted molar refractivity (Wildman–Crippen MR) is 92.7 cm³/mol. The van der Waals surface area contributed by atoms with Crippen LogP contribution in [0.4, 0.5) is 0 Å². The highest BCUT2D eigenvalue weighted by atomic mass is 16.2. The maximum atomic E-state index is 13.1. The third-order valence-corrected chi connectivity index (χ3v) is 6.11. The summed E-state index contributed by atoms with van der Waals surface area (Å²) in [7, 11) is 0. The second kappa shape index (κ2) is 6.15. The van der Waals surface area contributed by atoms with E-state index in [9.17, 15) is 4.79 Å². The fourth-order valence-corrected chi connectivity index (χ4v) is 4.62. The molecule has 0 aromatic carbocycles. The minimum atomic E-state index is 0.0143. The summed E-state index contributed by atoms with van der Waals surface area (Å²) in [5, 5.41) is 18.0. The number of aromatic amines is 1. The highest BCUT2D eigenvalue weighted by molar-refractivity contribution is 5.97. The zero-order valence-electron chi connectivity index (χ0n) is 14.8. The zero-order chi connectivity index (χ0) is 17.6. The van der Waals surface area contributed by atoms with Crippen LogP contribution in [0.5, 0.6) is 0 Å². The van der Waals surface area contributed by atoms with Crippen LogP contribution in [0.15, 0.2) is 12.5 Å². The second-order valence-corrected chi connectivity index (χ2v) is 8.15. The van der Waals surface area contributed by atoms with Crippen molar-refractivity contribution in [2.75, 3.05) is 32.7 Å². The number of amides is 1. The molecular weight excluding hydrogens is 332 g/mol. The van der Waals surface area contributed by atoms with Crippen LogP contribution >= 0.6 is 0 Å². The second-order valence-electron chi connectivity index (χ2n) is 8.15. The first kappa shape index (κ1) is 15.9. The lowest BCUT2D eigenvalue weighted by molar-refractivity contribution is 0.0681. The Morgan fingerprint density at radius 2 is 2.19 bits per heavy atom. The van der Waals surface area contributed by atoms with Crippen molar-refractivity contribution in [2.45, 2.75) is 32.1 Å². The standard InChI is InChI=1S/C17H24N8O/c26-16(14-8-18-20-15(14)25-12-19-21-22-25)24-7-5-17(11-24)4-1-6-23(10-17)9-13-2-3-13/h8,12-13H,1-7,9-11H2,(H,18,20)/t17-/m0/s1. The maximum Gasteiger partial charge on any atom is 0.259 e. The molecule has 2 aromatic heterocycles. The summed E-state index contributed by atoms with van der Waals surface area (Å²) in [4.78, 5) is 17.7. The van der Waals surface area contributed by atoms with Crippen molar-refractivity contribution in [3.05, 3.63) is 18.1 Å². The molecule has 1 spiro atoms. The molecule has 0 bridgehead atoms. The molecule has 1 amide bonds. The largest absolute Gasteiger partial charge is 0.338 e. The number of rotatable bonds is 4. The van der Waals surface area contributed by atoms with Gasteiger partial charge in [0.1, 0.15) is 11.9 Å². The SMILES string of the molecule is O=C(c1cn[nH]c1-n1cnnn1)N1CC[C@]2(CCCN(CC3CC3)C2)C1. The highest BCUT2D eigenvalue weighted by Gasteiger charge is 2.44. The van der Waals surface area contributed by atoms with Crippen molar-refractivity contribution in [3.8, 4) is 5.82 Å². The lowest BCUT2D eigenvalue weighted by atomic mass is 9.79. The molecule has 26 heavy (non-hydrogen) atoms. The first-order valence-electron chi connectivity index (χ1n) is 9.51. The van der Waals surface area contributed by atoms with Gasteiger partial charge in [0.05, 0.1) is 6.20 Å². The number of nitrogens with one attached hydrogen (secondary N) is 1. The van der Waals surface area contributed by atoms with Gasteiger partial charge in [-0.3, -0.25) is 9.89 Å². The molecule has 2 aromatic rings. The molecule has 0 radical (unpaired) electrons. The third-order valence-electron chi connectivity index (χ3n) is 6.11. The summed E-state index contributed by atoms with van der Waals surface area (Å²) in [6.07, 6.45) is 9.40. The van der Waals surface area contributed by atoms with Crippen molar-refractivity contribution in [1.29, 1.82) is 0 Å². The summed E-state index contributed by atoms with van der Waals surface area (Å²) in [5.74, 6) is 1.47. The summed E-state index contributed by atoms with van der Waals surface area (Å²) < 4.78 is 1.45. The van der Waals surface area contributed by atoms with Gasteiger partial charge in [-0.2, -0.15) is 9.78 Å². The van der Waals surface area contributed by atoms with Gasteiger partial charge >= 0.3 is 0 Å². The van der Waals surface area contributed by atoms with E-state index in [1.807, 2.05) is 4.90 Å². The van der Waals surface area contributed by atoms with E-state index < -0.39 is 0 Å². The number of piperidine rings is 1. The summed E-state index contributed by atoms with van der Waals surface area (Å²) in [6, 6.07) is 0. The fraction of sp³-hybridized carbons (Fsp3) is 0.706. The summed E-state index contributed by atoms with van der Waals surface area (Å²) in [5.41, 5.74) is 0.793. The lowest BCUT2D eigenvalue weighted by Crippen LogP contribution is -2.46. The van der Waals surface area contributed by atoms with Crippen LogP contribution in [-0.2, 0) is 0 Å². The Bertz CT molecular complexity index is 783. The average Bonchev–Trinajstić information content (AvgIpc) is 3.09. The van der Waals surface area contributed by atoms with E-state index in [-0.39, 0.29) is 11.3 Å². The van der Waals surface area contributed by atoms with Crippen LogP contribution in [0, 0.1) is 11.3 Å². The number of hydrogen-bond donors (Lipinski definition) is 1. The number of aromatic nitrogens is 6. The first-order valence-corrected chi connectivity index (χ1v) is 9.51. The van der Waals surface area contributed by atoms with E-state index in [4.69, 9.17) is 0 Å². The van der Waals surface area contributed by atoms with Gasteiger partial charge in [-0.15, -0.1) is 5.10 Å². The van der Waals surface area contributed by atoms with E-state index in [1.165, 1.54) is 49.8 Å². The van der Waals surface area contributed by atoms with Gasteiger partial charge in [-0.05, 0) is 55.0 Å². The zero-order valence-corrected chi connectivity index (χ0v) is 14.8. The number of hydrogen-bond acceptors (Lipinski definition) is 6. The van der Waals surface area contributed by atoms with Gasteiger partial charge in [0.2, 0.25) is 0 Å². The van der Waals surface area contributed by atoms with Crippen molar-refractivity contribution in [3.63, 3.8) is 0 Å². The number of carbonyl (C=O) groups is 1. The quantitative estimate of drug-likeness (QED) is 0.867. The minimum Gasteiger partial charge on any atom is -0.338 e. The smallest absolute Gasteiger partial charge is 0.259 e. The average molecular weight is 356 g/mol. The van der Waals surface area contributed by atoms with Gasteiger partial charge in [0, 0.05) is 31.6 Å². The Kier molecular flexibility index (Phi) is 3.77. The first-order chi connectivity index (χ1) is 12.7. The van der Waals surface area contributed by atoms with Gasteiger partial charge < -0.3 is 9.80 Å². The molecule has 2 aliphatic heterocycles. The normalized spacial score (nSPS) is 26.7. The molecule has 0 unspecified atom stereocenters. The Morgan fingerprint density at radius 1 is 1.27 bits per heavy atom. The van der Waals surface area contributed by atoms with Gasteiger partial charge in [0.15, 0.2) is 5.82 Å². The van der Waals surface area contributed by atoms with Crippen LogP contribution in [0.2, 0.25) is 0 Å². The molecule has 1 atom stereocenters. The van der Waals surface area contributed by atoms with Crippen LogP contribution in [0.1, 0.15) is 42.5 Å². The van der Waals surface area contributed by atoms with E-state index in [0.29, 0.717) is 11.4 Å². The van der Waals surface area contributed by atoms with Crippen molar-refractivity contribution < 1.29 is 4.79 Å². The Balaban J connectivity index is 1.30. The Labute approximate surface area is 151 Å². The molecule has 4 heterocycles. The Hall–Kier alpha value is -2.29. The van der Waals surface area contributed by atoms with Crippen LogP contribution in [-0.4, -0.2) is 78.8 Å². The number of carbonyl (C=O) groups excluding carboxylic acids is 1. The number of H-pyrrole nitrogens is 1. The molecule has 9 nitrogen and oxygen atoms in total. The Morgan fingerprint density at radius 3 is 3.00 bits per heavy atom. The molecule has 1 aliphatic carbocycles. The topological polar surface area (TPSA) is 95.8 Å². The number of tetrazole rings is 1. The van der Waals surface area contributed by atoms with Crippen LogP contribution in [0.3, 0.4) is 0 Å². The number of likely N-dealkylation sites (tertiary alicyclic amines) is 2. The molecular formula is C17H24N8O. The van der Waals surface area contributed by atoms with Gasteiger partial charge in [-0.1, -0.05) is 0 Å². The molecule has 5 rings (SSSR count).